The van der Waals surface area contributed by atoms with Crippen LogP contribution >= 0.6 is 12.6 Å². The highest BCUT2D eigenvalue weighted by Crippen LogP contribution is 2.19. The Morgan fingerprint density at radius 2 is 1.84 bits per heavy atom. The molecule has 3 amide bonds. The van der Waals surface area contributed by atoms with Gasteiger partial charge in [-0.15, -0.1) is 0 Å². The lowest BCUT2D eigenvalue weighted by atomic mass is 10.0. The van der Waals surface area contributed by atoms with E-state index in [4.69, 9.17) is 10.8 Å². The van der Waals surface area contributed by atoms with E-state index < -0.39 is 48.6 Å². The topological polar surface area (TPSA) is 162 Å². The van der Waals surface area contributed by atoms with Gasteiger partial charge in [0.25, 0.3) is 0 Å². The summed E-state index contributed by atoms with van der Waals surface area (Å²) < 4.78 is 0. The first kappa shape index (κ1) is 24.6. The van der Waals surface area contributed by atoms with Crippen LogP contribution in [0.15, 0.2) is 30.3 Å². The van der Waals surface area contributed by atoms with Gasteiger partial charge in [-0.1, -0.05) is 30.3 Å². The fourth-order valence-corrected chi connectivity index (χ4v) is 3.54. The Morgan fingerprint density at radius 1 is 1.16 bits per heavy atom. The van der Waals surface area contributed by atoms with E-state index in [1.807, 2.05) is 0 Å². The number of likely N-dealkylation sites (tertiary alicyclic amines) is 1. The number of nitrogens with two attached hydrogens (primary N) is 1. The van der Waals surface area contributed by atoms with Crippen molar-refractivity contribution in [1.82, 2.24) is 15.5 Å². The molecule has 0 aliphatic carbocycles. The van der Waals surface area contributed by atoms with Crippen LogP contribution in [0.2, 0.25) is 0 Å². The van der Waals surface area contributed by atoms with Gasteiger partial charge in [0.2, 0.25) is 17.7 Å². The maximum Gasteiger partial charge on any atom is 0.328 e. The molecule has 1 aromatic carbocycles. The van der Waals surface area contributed by atoms with Crippen LogP contribution in [0, 0.1) is 0 Å². The summed E-state index contributed by atoms with van der Waals surface area (Å²) in [6.07, 6.45) is 1.14. The summed E-state index contributed by atoms with van der Waals surface area (Å²) in [5.74, 6) is -2.91. The standard InChI is InChI=1S/C20H28N4O6S/c21-13(11-31)19(28)24-8-4-7-16(24)18(27)22-14(9-12-5-2-1-3-6-12)17(26)23-15(10-25)20(29)30/h1-3,5-6,13-16,25,31H,4,7-11,21H2,(H,22,27)(H,23,26)(H,29,30). The fourth-order valence-electron chi connectivity index (χ4n) is 3.38. The van der Waals surface area contributed by atoms with Gasteiger partial charge >= 0.3 is 5.97 Å². The Hall–Kier alpha value is -2.63. The number of carboxylic acid groups (broad SMARTS) is 1. The second-order valence-electron chi connectivity index (χ2n) is 7.31. The number of carbonyl (C=O) groups is 4. The van der Waals surface area contributed by atoms with Gasteiger partial charge in [-0.3, -0.25) is 14.4 Å². The summed E-state index contributed by atoms with van der Waals surface area (Å²) in [5, 5.41) is 23.2. The summed E-state index contributed by atoms with van der Waals surface area (Å²) in [4.78, 5) is 50.7. The minimum absolute atomic E-state index is 0.104. The number of thiol groups is 1. The Bertz CT molecular complexity index is 793. The third-order valence-electron chi connectivity index (χ3n) is 5.07. The number of aliphatic hydroxyl groups is 1. The first-order valence-electron chi connectivity index (χ1n) is 9.93. The maximum absolute atomic E-state index is 13.0. The van der Waals surface area contributed by atoms with E-state index in [9.17, 15) is 24.3 Å². The van der Waals surface area contributed by atoms with E-state index in [-0.39, 0.29) is 18.1 Å². The van der Waals surface area contributed by atoms with Gasteiger partial charge < -0.3 is 31.5 Å². The number of rotatable bonds is 10. The first-order chi connectivity index (χ1) is 14.8. The molecule has 0 aromatic heterocycles. The molecule has 11 heteroatoms. The summed E-state index contributed by atoms with van der Waals surface area (Å²) in [5.41, 5.74) is 6.51. The number of aliphatic carboxylic acids is 1. The molecule has 1 aromatic rings. The molecule has 170 valence electrons. The summed E-state index contributed by atoms with van der Waals surface area (Å²) in [7, 11) is 0. The van der Waals surface area contributed by atoms with Crippen molar-refractivity contribution in [3.8, 4) is 0 Å². The smallest absolute Gasteiger partial charge is 0.328 e. The number of carboxylic acids is 1. The van der Waals surface area contributed by atoms with Gasteiger partial charge in [-0.2, -0.15) is 12.6 Å². The molecule has 4 atom stereocenters. The van der Waals surface area contributed by atoms with E-state index in [1.165, 1.54) is 4.90 Å². The Labute approximate surface area is 185 Å². The van der Waals surface area contributed by atoms with E-state index in [1.54, 1.807) is 30.3 Å². The highest BCUT2D eigenvalue weighted by atomic mass is 32.1. The van der Waals surface area contributed by atoms with Crippen LogP contribution in [-0.2, 0) is 25.6 Å². The zero-order valence-corrected chi connectivity index (χ0v) is 17.8. The number of hydrogen-bond acceptors (Lipinski definition) is 7. The maximum atomic E-state index is 13.0. The monoisotopic (exact) mass is 452 g/mol. The first-order valence-corrected chi connectivity index (χ1v) is 10.6. The predicted octanol–water partition coefficient (Wildman–Crippen LogP) is -1.48. The minimum Gasteiger partial charge on any atom is -0.480 e. The molecule has 2 rings (SSSR count). The quantitative estimate of drug-likeness (QED) is 0.236. The number of amides is 3. The third-order valence-corrected chi connectivity index (χ3v) is 5.46. The lowest BCUT2D eigenvalue weighted by Gasteiger charge is -2.28. The number of nitrogens with one attached hydrogen (secondary N) is 2. The number of benzene rings is 1. The van der Waals surface area contributed by atoms with Gasteiger partial charge in [-0.25, -0.2) is 4.79 Å². The van der Waals surface area contributed by atoms with Crippen molar-refractivity contribution in [3.63, 3.8) is 0 Å². The van der Waals surface area contributed by atoms with Crippen LogP contribution in [0.1, 0.15) is 18.4 Å². The second kappa shape index (κ2) is 11.7. The summed E-state index contributed by atoms with van der Waals surface area (Å²) in [6, 6.07) is 4.68. The van der Waals surface area contributed by atoms with Crippen molar-refractivity contribution < 1.29 is 29.4 Å². The van der Waals surface area contributed by atoms with Gasteiger partial charge in [0.1, 0.15) is 18.1 Å². The van der Waals surface area contributed by atoms with E-state index in [0.717, 1.165) is 5.56 Å². The molecule has 1 fully saturated rings. The fraction of sp³-hybridized carbons (Fsp3) is 0.500. The SMILES string of the molecule is NC(CS)C(=O)N1CCCC1C(=O)NC(Cc1ccccc1)C(=O)NC(CO)C(=O)O. The molecule has 6 N–H and O–H groups in total. The molecular weight excluding hydrogens is 424 g/mol. The van der Waals surface area contributed by atoms with Crippen LogP contribution in [-0.4, -0.2) is 81.9 Å². The van der Waals surface area contributed by atoms with E-state index in [2.05, 4.69) is 23.3 Å². The van der Waals surface area contributed by atoms with Gasteiger partial charge in [-0.05, 0) is 18.4 Å². The van der Waals surface area contributed by atoms with Crippen LogP contribution in [0.5, 0.6) is 0 Å². The predicted molar refractivity (Wildman–Crippen MR) is 115 cm³/mol. The highest BCUT2D eigenvalue weighted by molar-refractivity contribution is 7.80. The summed E-state index contributed by atoms with van der Waals surface area (Å²) >= 11 is 4.03. The van der Waals surface area contributed by atoms with Crippen molar-refractivity contribution in [2.45, 2.75) is 43.4 Å². The largest absolute Gasteiger partial charge is 0.480 e. The second-order valence-corrected chi connectivity index (χ2v) is 7.68. The third kappa shape index (κ3) is 6.68. The van der Waals surface area contributed by atoms with Crippen LogP contribution < -0.4 is 16.4 Å². The van der Waals surface area contributed by atoms with Crippen molar-refractivity contribution in [2.75, 3.05) is 18.9 Å². The summed E-state index contributed by atoms with van der Waals surface area (Å²) in [6.45, 7) is -0.418. The molecule has 1 aliphatic heterocycles. The van der Waals surface area contributed by atoms with Gasteiger partial charge in [0.15, 0.2) is 0 Å². The van der Waals surface area contributed by atoms with E-state index >= 15 is 0 Å². The zero-order chi connectivity index (χ0) is 23.0. The molecule has 0 radical (unpaired) electrons. The normalized spacial score (nSPS) is 18.7. The molecule has 4 unspecified atom stereocenters. The number of carbonyl (C=O) groups excluding carboxylic acids is 3. The molecule has 0 bridgehead atoms. The lowest BCUT2D eigenvalue weighted by molar-refractivity contribution is -0.144. The van der Waals surface area contributed by atoms with E-state index in [0.29, 0.717) is 19.4 Å². The highest BCUT2D eigenvalue weighted by Gasteiger charge is 2.37. The van der Waals surface area contributed by atoms with Crippen molar-refractivity contribution in [2.24, 2.45) is 5.73 Å². The average Bonchev–Trinajstić information content (AvgIpc) is 3.26. The molecule has 0 saturated carbocycles. The molecular formula is C20H28N4O6S. The number of hydrogen-bond donors (Lipinski definition) is 6. The Morgan fingerprint density at radius 3 is 2.42 bits per heavy atom. The molecule has 31 heavy (non-hydrogen) atoms. The van der Waals surface area contributed by atoms with Crippen LogP contribution in [0.3, 0.4) is 0 Å². The minimum atomic E-state index is -1.50. The molecule has 1 heterocycles. The van der Waals surface area contributed by atoms with Gasteiger partial charge in [0, 0.05) is 18.7 Å². The van der Waals surface area contributed by atoms with Gasteiger partial charge in [0.05, 0.1) is 12.6 Å². The Kier molecular flexibility index (Phi) is 9.28. The van der Waals surface area contributed by atoms with Crippen molar-refractivity contribution in [3.05, 3.63) is 35.9 Å². The van der Waals surface area contributed by atoms with Crippen LogP contribution in [0.25, 0.3) is 0 Å². The lowest BCUT2D eigenvalue weighted by Crippen LogP contribution is -2.57. The number of aliphatic hydroxyl groups excluding tert-OH is 1. The Balaban J connectivity index is 2.17. The van der Waals surface area contributed by atoms with Crippen LogP contribution in [0.4, 0.5) is 0 Å². The average molecular weight is 453 g/mol. The molecule has 1 aliphatic rings. The van der Waals surface area contributed by atoms with Crippen molar-refractivity contribution in [1.29, 1.82) is 0 Å². The molecule has 10 nitrogen and oxygen atoms in total. The number of nitrogens with zero attached hydrogens (tertiary/aromatic N) is 1. The zero-order valence-electron chi connectivity index (χ0n) is 16.9. The molecule has 1 saturated heterocycles. The molecule has 0 spiro atoms. The van der Waals surface area contributed by atoms with Crippen molar-refractivity contribution >= 4 is 36.3 Å².